The van der Waals surface area contributed by atoms with Gasteiger partial charge in [0.1, 0.15) is 5.82 Å². The SMILES string of the molecule is Cc1ccc(Br)cc1-c1ccnc(C2(CN)COC2)n1. The molecule has 20 heavy (non-hydrogen) atoms. The summed E-state index contributed by atoms with van der Waals surface area (Å²) in [6.07, 6.45) is 1.80. The first-order valence-electron chi connectivity index (χ1n) is 6.52. The van der Waals surface area contributed by atoms with Crippen molar-refractivity contribution in [2.24, 2.45) is 5.73 Å². The molecule has 1 saturated heterocycles. The Morgan fingerprint density at radius 1 is 1.35 bits per heavy atom. The third-order valence-electron chi connectivity index (χ3n) is 3.75. The summed E-state index contributed by atoms with van der Waals surface area (Å²) in [5.41, 5.74) is 8.88. The van der Waals surface area contributed by atoms with Crippen LogP contribution >= 0.6 is 15.9 Å². The number of ether oxygens (including phenoxy) is 1. The first-order valence-corrected chi connectivity index (χ1v) is 7.32. The molecule has 0 aliphatic carbocycles. The molecule has 1 aromatic heterocycles. The minimum Gasteiger partial charge on any atom is -0.379 e. The molecule has 2 heterocycles. The molecular weight excluding hydrogens is 318 g/mol. The van der Waals surface area contributed by atoms with Crippen LogP contribution in [0.25, 0.3) is 11.3 Å². The van der Waals surface area contributed by atoms with Crippen LogP contribution in [0.1, 0.15) is 11.4 Å². The average Bonchev–Trinajstić information content (AvgIpc) is 2.41. The van der Waals surface area contributed by atoms with Gasteiger partial charge in [0.15, 0.2) is 0 Å². The van der Waals surface area contributed by atoms with Crippen LogP contribution in [0.2, 0.25) is 0 Å². The lowest BCUT2D eigenvalue weighted by Crippen LogP contribution is -2.53. The first kappa shape index (κ1) is 13.7. The van der Waals surface area contributed by atoms with Crippen LogP contribution in [0.4, 0.5) is 0 Å². The van der Waals surface area contributed by atoms with Gasteiger partial charge in [-0.3, -0.25) is 0 Å². The van der Waals surface area contributed by atoms with E-state index in [0.29, 0.717) is 19.8 Å². The molecule has 0 unspecified atom stereocenters. The Morgan fingerprint density at radius 2 is 2.15 bits per heavy atom. The van der Waals surface area contributed by atoms with Gasteiger partial charge < -0.3 is 10.5 Å². The van der Waals surface area contributed by atoms with Crippen LogP contribution in [0.5, 0.6) is 0 Å². The molecule has 5 heteroatoms. The van der Waals surface area contributed by atoms with E-state index < -0.39 is 0 Å². The van der Waals surface area contributed by atoms with Crippen molar-refractivity contribution in [3.63, 3.8) is 0 Å². The number of aromatic nitrogens is 2. The standard InChI is InChI=1S/C15H16BrN3O/c1-10-2-3-11(16)6-12(10)13-4-5-18-14(19-13)15(7-17)8-20-9-15/h2-6H,7-9,17H2,1H3. The molecule has 3 rings (SSSR count). The lowest BCUT2D eigenvalue weighted by Gasteiger charge is -2.38. The molecule has 0 atom stereocenters. The Balaban J connectivity index is 2.05. The molecule has 1 fully saturated rings. The highest BCUT2D eigenvalue weighted by atomic mass is 79.9. The van der Waals surface area contributed by atoms with Crippen molar-refractivity contribution in [1.29, 1.82) is 0 Å². The molecule has 1 aliphatic heterocycles. The lowest BCUT2D eigenvalue weighted by atomic mass is 9.85. The van der Waals surface area contributed by atoms with Gasteiger partial charge in [-0.15, -0.1) is 0 Å². The van der Waals surface area contributed by atoms with Gasteiger partial charge in [0.05, 0.1) is 24.3 Å². The van der Waals surface area contributed by atoms with Crippen molar-refractivity contribution >= 4 is 15.9 Å². The van der Waals surface area contributed by atoms with Crippen molar-refractivity contribution in [3.8, 4) is 11.3 Å². The second kappa shape index (κ2) is 5.24. The van der Waals surface area contributed by atoms with Crippen molar-refractivity contribution in [2.45, 2.75) is 12.3 Å². The third-order valence-corrected chi connectivity index (χ3v) is 4.25. The molecule has 1 aromatic carbocycles. The number of hydrogen-bond acceptors (Lipinski definition) is 4. The lowest BCUT2D eigenvalue weighted by molar-refractivity contribution is -0.0593. The Kier molecular flexibility index (Phi) is 3.58. The van der Waals surface area contributed by atoms with E-state index in [1.165, 1.54) is 5.56 Å². The van der Waals surface area contributed by atoms with E-state index in [2.05, 4.69) is 40.0 Å². The molecule has 0 radical (unpaired) electrons. The maximum absolute atomic E-state index is 5.88. The Hall–Kier alpha value is -1.30. The van der Waals surface area contributed by atoms with Crippen molar-refractivity contribution < 1.29 is 4.74 Å². The minimum absolute atomic E-state index is 0.212. The van der Waals surface area contributed by atoms with Gasteiger partial charge in [0.2, 0.25) is 0 Å². The highest BCUT2D eigenvalue weighted by Gasteiger charge is 2.42. The van der Waals surface area contributed by atoms with Crippen molar-refractivity contribution in [1.82, 2.24) is 9.97 Å². The van der Waals surface area contributed by atoms with E-state index >= 15 is 0 Å². The zero-order valence-electron chi connectivity index (χ0n) is 11.3. The fourth-order valence-electron chi connectivity index (χ4n) is 2.32. The fraction of sp³-hybridized carbons (Fsp3) is 0.333. The first-order chi connectivity index (χ1) is 9.64. The highest BCUT2D eigenvalue weighted by Crippen LogP contribution is 2.31. The Bertz CT molecular complexity index is 635. The zero-order valence-corrected chi connectivity index (χ0v) is 12.9. The largest absolute Gasteiger partial charge is 0.379 e. The highest BCUT2D eigenvalue weighted by molar-refractivity contribution is 9.10. The van der Waals surface area contributed by atoms with Crippen LogP contribution < -0.4 is 5.73 Å². The molecule has 0 amide bonds. The molecule has 0 saturated carbocycles. The van der Waals surface area contributed by atoms with Gasteiger partial charge in [0.25, 0.3) is 0 Å². The molecule has 2 aromatic rings. The van der Waals surface area contributed by atoms with Crippen LogP contribution in [-0.4, -0.2) is 29.7 Å². The zero-order chi connectivity index (χ0) is 14.2. The molecular formula is C15H16BrN3O. The molecule has 0 spiro atoms. The second-order valence-corrected chi connectivity index (χ2v) is 6.12. The number of halogens is 1. The van der Waals surface area contributed by atoms with Crippen LogP contribution in [0.15, 0.2) is 34.9 Å². The smallest absolute Gasteiger partial charge is 0.141 e. The van der Waals surface area contributed by atoms with Crippen molar-refractivity contribution in [2.75, 3.05) is 19.8 Å². The summed E-state index contributed by atoms with van der Waals surface area (Å²) in [7, 11) is 0. The van der Waals surface area contributed by atoms with E-state index in [-0.39, 0.29) is 5.41 Å². The maximum atomic E-state index is 5.88. The van der Waals surface area contributed by atoms with E-state index in [0.717, 1.165) is 21.6 Å². The molecule has 1 aliphatic rings. The quantitative estimate of drug-likeness (QED) is 0.937. The third kappa shape index (κ3) is 2.26. The maximum Gasteiger partial charge on any atom is 0.141 e. The van der Waals surface area contributed by atoms with E-state index in [4.69, 9.17) is 15.5 Å². The summed E-state index contributed by atoms with van der Waals surface area (Å²) in [6, 6.07) is 8.12. The summed E-state index contributed by atoms with van der Waals surface area (Å²) >= 11 is 3.51. The van der Waals surface area contributed by atoms with Gasteiger partial charge in [-0.1, -0.05) is 22.0 Å². The average molecular weight is 334 g/mol. The van der Waals surface area contributed by atoms with E-state index in [9.17, 15) is 0 Å². The van der Waals surface area contributed by atoms with Gasteiger partial charge in [0, 0.05) is 22.8 Å². The van der Waals surface area contributed by atoms with E-state index in [1.807, 2.05) is 12.1 Å². The summed E-state index contributed by atoms with van der Waals surface area (Å²) in [6.45, 7) is 3.79. The van der Waals surface area contributed by atoms with Crippen molar-refractivity contribution in [3.05, 3.63) is 46.3 Å². The predicted molar refractivity (Wildman–Crippen MR) is 81.5 cm³/mol. The molecule has 4 nitrogen and oxygen atoms in total. The predicted octanol–water partition coefficient (Wildman–Crippen LogP) is 2.44. The van der Waals surface area contributed by atoms with Crippen LogP contribution in [-0.2, 0) is 10.2 Å². The van der Waals surface area contributed by atoms with Gasteiger partial charge >= 0.3 is 0 Å². The number of nitrogens with zero attached hydrogens (tertiary/aromatic N) is 2. The summed E-state index contributed by atoms with van der Waals surface area (Å²) in [4.78, 5) is 9.12. The van der Waals surface area contributed by atoms with Gasteiger partial charge in [-0.05, 0) is 30.7 Å². The van der Waals surface area contributed by atoms with Crippen LogP contribution in [0, 0.1) is 6.92 Å². The van der Waals surface area contributed by atoms with Crippen LogP contribution in [0.3, 0.4) is 0 Å². The van der Waals surface area contributed by atoms with Gasteiger partial charge in [-0.2, -0.15) is 0 Å². The number of hydrogen-bond donors (Lipinski definition) is 1. The Labute approximate surface area is 126 Å². The molecule has 2 N–H and O–H groups in total. The molecule has 104 valence electrons. The normalized spacial score (nSPS) is 16.8. The Morgan fingerprint density at radius 3 is 2.80 bits per heavy atom. The number of benzene rings is 1. The topological polar surface area (TPSA) is 61.0 Å². The summed E-state index contributed by atoms with van der Waals surface area (Å²) in [5.74, 6) is 0.781. The number of rotatable bonds is 3. The summed E-state index contributed by atoms with van der Waals surface area (Å²) in [5, 5.41) is 0. The summed E-state index contributed by atoms with van der Waals surface area (Å²) < 4.78 is 6.34. The van der Waals surface area contributed by atoms with E-state index in [1.54, 1.807) is 6.20 Å². The van der Waals surface area contributed by atoms with Gasteiger partial charge in [-0.25, -0.2) is 9.97 Å². The number of nitrogens with two attached hydrogens (primary N) is 1. The second-order valence-electron chi connectivity index (χ2n) is 5.20. The molecule has 0 bridgehead atoms. The number of aryl methyl sites for hydroxylation is 1. The fourth-order valence-corrected chi connectivity index (χ4v) is 2.68. The monoisotopic (exact) mass is 333 g/mol. The minimum atomic E-state index is -0.212.